The van der Waals surface area contributed by atoms with E-state index in [1.165, 1.54) is 11.4 Å². The van der Waals surface area contributed by atoms with Crippen molar-refractivity contribution >= 4 is 34.9 Å². The van der Waals surface area contributed by atoms with Crippen LogP contribution in [-0.2, 0) is 30.4 Å². The fraction of sp³-hybridized carbons (Fsp3) is 0.889. The number of hydrogen-bond acceptors (Lipinski definition) is 6. The minimum Gasteiger partial charge on any atom is -0.466 e. The summed E-state index contributed by atoms with van der Waals surface area (Å²) in [7, 11) is 0. The summed E-state index contributed by atoms with van der Waals surface area (Å²) >= 11 is 6.70. The van der Waals surface area contributed by atoms with Crippen molar-refractivity contribution in [2.75, 3.05) is 25.6 Å². The van der Waals surface area contributed by atoms with E-state index in [1.807, 2.05) is 13.8 Å². The molecule has 0 aliphatic carbocycles. The maximum Gasteiger partial charge on any atom is 0.306 e. The lowest BCUT2D eigenvalue weighted by atomic mass is 10.5. The zero-order valence-electron chi connectivity index (χ0n) is 9.93. The smallest absolute Gasteiger partial charge is 0.306 e. The standard InChI is InChI=1S/C9H19O4PS2/c1-4-11-9(10)7-8-16-14(15,12-5-2)13-6-3/h4-8H2,1-3H3. The lowest BCUT2D eigenvalue weighted by Crippen LogP contribution is -2.05. The molecule has 0 rings (SSSR count). The molecular formula is C9H19O4PS2. The second-order valence-corrected chi connectivity index (χ2v) is 9.10. The molecule has 0 bridgehead atoms. The number of rotatable bonds is 9. The third kappa shape index (κ3) is 7.63. The molecule has 96 valence electrons. The summed E-state index contributed by atoms with van der Waals surface area (Å²) in [6.45, 7) is 7.02. The lowest BCUT2D eigenvalue weighted by Gasteiger charge is -2.19. The molecule has 4 nitrogen and oxygen atoms in total. The molecule has 0 unspecified atom stereocenters. The van der Waals surface area contributed by atoms with Gasteiger partial charge in [0.1, 0.15) is 0 Å². The number of hydrogen-bond donors (Lipinski definition) is 0. The fourth-order valence-electron chi connectivity index (χ4n) is 0.902. The molecule has 0 aromatic rings. The second-order valence-electron chi connectivity index (χ2n) is 2.67. The third-order valence-corrected chi connectivity index (χ3v) is 7.00. The topological polar surface area (TPSA) is 44.8 Å². The highest BCUT2D eigenvalue weighted by molar-refractivity contribution is 8.67. The van der Waals surface area contributed by atoms with Crippen molar-refractivity contribution in [1.82, 2.24) is 0 Å². The van der Waals surface area contributed by atoms with E-state index in [9.17, 15) is 4.79 Å². The highest BCUT2D eigenvalue weighted by Gasteiger charge is 2.19. The molecule has 0 saturated heterocycles. The lowest BCUT2D eigenvalue weighted by molar-refractivity contribution is -0.142. The molecule has 0 spiro atoms. The zero-order valence-corrected chi connectivity index (χ0v) is 12.5. The molecule has 0 saturated carbocycles. The number of esters is 1. The zero-order chi connectivity index (χ0) is 12.4. The van der Waals surface area contributed by atoms with E-state index in [0.717, 1.165) is 0 Å². The molecule has 0 amide bonds. The Morgan fingerprint density at radius 1 is 1.19 bits per heavy atom. The Balaban J connectivity index is 3.93. The van der Waals surface area contributed by atoms with Gasteiger partial charge < -0.3 is 13.8 Å². The van der Waals surface area contributed by atoms with E-state index in [4.69, 9.17) is 25.6 Å². The number of ether oxygens (including phenoxy) is 1. The molecule has 16 heavy (non-hydrogen) atoms. The molecule has 0 aliphatic rings. The van der Waals surface area contributed by atoms with Crippen molar-refractivity contribution < 1.29 is 18.6 Å². The molecule has 7 heteroatoms. The summed E-state index contributed by atoms with van der Waals surface area (Å²) in [5.74, 6) is 0.375. The van der Waals surface area contributed by atoms with Gasteiger partial charge >= 0.3 is 5.97 Å². The predicted octanol–water partition coefficient (Wildman–Crippen LogP) is 2.97. The molecule has 0 radical (unpaired) electrons. The Hall–Kier alpha value is 0.390. The molecule has 0 aliphatic heterocycles. The predicted molar refractivity (Wildman–Crippen MR) is 71.2 cm³/mol. The van der Waals surface area contributed by atoms with Crippen LogP contribution in [0.2, 0.25) is 0 Å². The van der Waals surface area contributed by atoms with Gasteiger partial charge in [0.2, 0.25) is 5.69 Å². The molecule has 0 heterocycles. The Morgan fingerprint density at radius 3 is 2.19 bits per heavy atom. The van der Waals surface area contributed by atoms with Gasteiger partial charge in [-0.15, -0.1) is 0 Å². The largest absolute Gasteiger partial charge is 0.466 e. The summed E-state index contributed by atoms with van der Waals surface area (Å²) in [6.07, 6.45) is 0.344. The van der Waals surface area contributed by atoms with Crippen LogP contribution in [-0.4, -0.2) is 31.5 Å². The fourth-order valence-corrected chi connectivity index (χ4v) is 5.57. The van der Waals surface area contributed by atoms with Crippen LogP contribution >= 0.6 is 17.1 Å². The van der Waals surface area contributed by atoms with Crippen LogP contribution in [0.3, 0.4) is 0 Å². The second kappa shape index (κ2) is 9.42. The Kier molecular flexibility index (Phi) is 9.65. The Morgan fingerprint density at radius 2 is 1.75 bits per heavy atom. The SMILES string of the molecule is CCOC(=O)CCSP(=S)(OCC)OCC. The van der Waals surface area contributed by atoms with Gasteiger partial charge in [-0.2, -0.15) is 0 Å². The summed E-state index contributed by atoms with van der Waals surface area (Å²) in [4.78, 5) is 11.1. The highest BCUT2D eigenvalue weighted by Crippen LogP contribution is 2.60. The van der Waals surface area contributed by atoms with E-state index in [-0.39, 0.29) is 5.97 Å². The van der Waals surface area contributed by atoms with Crippen molar-refractivity contribution in [2.45, 2.75) is 27.2 Å². The van der Waals surface area contributed by atoms with Gasteiger partial charge in [-0.25, -0.2) is 0 Å². The summed E-state index contributed by atoms with van der Waals surface area (Å²) in [6, 6.07) is 0. The Labute approximate surface area is 106 Å². The van der Waals surface area contributed by atoms with Crippen molar-refractivity contribution in [3.05, 3.63) is 0 Å². The summed E-state index contributed by atoms with van der Waals surface area (Å²) in [5, 5.41) is 0. The molecule has 0 atom stereocenters. The van der Waals surface area contributed by atoms with Gasteiger partial charge in [0.15, 0.2) is 0 Å². The molecule has 0 aromatic carbocycles. The van der Waals surface area contributed by atoms with Crippen LogP contribution in [0.1, 0.15) is 27.2 Å². The van der Waals surface area contributed by atoms with Crippen LogP contribution in [0, 0.1) is 0 Å². The van der Waals surface area contributed by atoms with E-state index in [1.54, 1.807) is 6.92 Å². The minimum atomic E-state index is -2.25. The normalized spacial score (nSPS) is 11.4. The van der Waals surface area contributed by atoms with E-state index in [2.05, 4.69) is 0 Å². The van der Waals surface area contributed by atoms with Crippen molar-refractivity contribution in [1.29, 1.82) is 0 Å². The van der Waals surface area contributed by atoms with Gasteiger partial charge in [-0.1, -0.05) is 11.4 Å². The average molecular weight is 286 g/mol. The Bertz CT molecular complexity index is 238. The van der Waals surface area contributed by atoms with E-state index in [0.29, 0.717) is 32.0 Å². The van der Waals surface area contributed by atoms with Crippen molar-refractivity contribution in [3.8, 4) is 0 Å². The van der Waals surface area contributed by atoms with Crippen LogP contribution in [0.15, 0.2) is 0 Å². The van der Waals surface area contributed by atoms with Gasteiger partial charge in [0.05, 0.1) is 26.2 Å². The number of carbonyl (C=O) groups is 1. The minimum absolute atomic E-state index is 0.204. The monoisotopic (exact) mass is 286 g/mol. The summed E-state index contributed by atoms with van der Waals surface area (Å²) in [5.41, 5.74) is -2.25. The van der Waals surface area contributed by atoms with E-state index < -0.39 is 5.69 Å². The first-order chi connectivity index (χ1) is 7.58. The first kappa shape index (κ1) is 16.4. The van der Waals surface area contributed by atoms with Crippen LogP contribution in [0.25, 0.3) is 0 Å². The highest BCUT2D eigenvalue weighted by atomic mass is 32.9. The van der Waals surface area contributed by atoms with Crippen LogP contribution < -0.4 is 0 Å². The van der Waals surface area contributed by atoms with Crippen LogP contribution in [0.4, 0.5) is 0 Å². The average Bonchev–Trinajstić information content (AvgIpc) is 2.18. The van der Waals surface area contributed by atoms with Crippen molar-refractivity contribution in [2.24, 2.45) is 0 Å². The van der Waals surface area contributed by atoms with Gasteiger partial charge in [0.25, 0.3) is 0 Å². The van der Waals surface area contributed by atoms with Crippen LogP contribution in [0.5, 0.6) is 0 Å². The first-order valence-corrected chi connectivity index (χ1v) is 9.50. The molecular weight excluding hydrogens is 267 g/mol. The van der Waals surface area contributed by atoms with Gasteiger partial charge in [-0.3, -0.25) is 4.79 Å². The van der Waals surface area contributed by atoms with Crippen molar-refractivity contribution in [3.63, 3.8) is 0 Å². The third-order valence-electron chi connectivity index (χ3n) is 1.44. The molecule has 0 N–H and O–H groups in total. The first-order valence-electron chi connectivity index (χ1n) is 5.27. The quantitative estimate of drug-likeness (QED) is 0.479. The molecule has 0 aromatic heterocycles. The maximum absolute atomic E-state index is 11.1. The van der Waals surface area contributed by atoms with E-state index >= 15 is 0 Å². The maximum atomic E-state index is 11.1. The van der Waals surface area contributed by atoms with Gasteiger partial charge in [-0.05, 0) is 32.6 Å². The molecule has 0 fully saturated rings. The van der Waals surface area contributed by atoms with Gasteiger partial charge in [0, 0.05) is 5.75 Å². The number of carbonyl (C=O) groups excluding carboxylic acids is 1. The summed E-state index contributed by atoms with van der Waals surface area (Å²) < 4.78 is 15.7.